The third-order valence-corrected chi connectivity index (χ3v) is 12.4. The lowest BCUT2D eigenvalue weighted by Crippen LogP contribution is -2.48. The third-order valence-electron chi connectivity index (χ3n) is 12.4. The SMILES string of the molecule is CC.CCC.CC[C@@H]1CCCN(C(=O)[C@H](NC(=O)OC)c2ccccc2)[C@@H]1c1nc2c(ccc3cc(-c4ccc5c(ccc6[nH]c([C@@H]7CCCN7C(=O)CNC(=O)OC)nc65)c4)ccc32)[nH]1. The standard InChI is InChI=1S/C47H48N8O6.C3H8.C2H6/c1-4-27-12-8-23-55(45(57)39(53-47(59)61-3)28-10-6-5-7-11-28)42(27)44-50-36-21-17-32-25-30(15-19-34(32)41(36)52-44)29-14-18-33-31(24-29)16-20-35-40(33)51-43(49-35)37-13-9-22-54(37)38(56)26-48-46(58)60-2;1-3-2;1-2/h5-7,10-11,14-21,24-25,27,37,39,42H,4,8-9,12-13,22-23,26H2,1-3H3,(H,48,58)(H,49,51)(H,50,52)(H,53,59);3H2,1-2H3;1-2H3/t27-,37+,39-,42+;;/m1../s1. The molecule has 0 saturated carbocycles. The van der Waals surface area contributed by atoms with Crippen LogP contribution in [0.5, 0.6) is 0 Å². The van der Waals surface area contributed by atoms with Crippen molar-refractivity contribution in [3.63, 3.8) is 0 Å². The molecule has 7 aromatic rings. The number of benzene rings is 5. The predicted octanol–water partition coefficient (Wildman–Crippen LogP) is 10.7. The van der Waals surface area contributed by atoms with Crippen molar-refractivity contribution in [3.05, 3.63) is 108 Å². The van der Waals surface area contributed by atoms with E-state index in [-0.39, 0.29) is 36.4 Å². The number of fused-ring (bicyclic) bond motifs is 6. The van der Waals surface area contributed by atoms with E-state index in [1.165, 1.54) is 20.6 Å². The highest BCUT2D eigenvalue weighted by Gasteiger charge is 2.40. The van der Waals surface area contributed by atoms with E-state index in [9.17, 15) is 19.2 Å². The number of likely N-dealkylation sites (tertiary alicyclic amines) is 2. The van der Waals surface area contributed by atoms with Crippen LogP contribution in [0.15, 0.2) is 91.0 Å². The first-order valence-corrected chi connectivity index (χ1v) is 23.3. The molecule has 2 aliphatic heterocycles. The molecule has 2 aliphatic rings. The summed E-state index contributed by atoms with van der Waals surface area (Å²) in [5, 5.41) is 9.38. The van der Waals surface area contributed by atoms with Gasteiger partial charge >= 0.3 is 12.2 Å². The van der Waals surface area contributed by atoms with Crippen LogP contribution in [0.2, 0.25) is 0 Å². The Bertz CT molecular complexity index is 2820. The fourth-order valence-electron chi connectivity index (χ4n) is 9.37. The normalized spacial score (nSPS) is 17.4. The number of piperidine rings is 1. The lowest BCUT2D eigenvalue weighted by molar-refractivity contribution is -0.139. The first-order valence-electron chi connectivity index (χ1n) is 23.3. The monoisotopic (exact) mass is 894 g/mol. The van der Waals surface area contributed by atoms with Crippen LogP contribution in [-0.4, -0.2) is 87.6 Å². The highest BCUT2D eigenvalue weighted by atomic mass is 16.5. The molecular formula is C52H62N8O6. The van der Waals surface area contributed by atoms with E-state index in [4.69, 9.17) is 14.7 Å². The Balaban J connectivity index is 0.00000125. The zero-order valence-electron chi connectivity index (χ0n) is 39.1. The number of carbonyl (C=O) groups is 4. The zero-order valence-corrected chi connectivity index (χ0v) is 39.1. The summed E-state index contributed by atoms with van der Waals surface area (Å²) >= 11 is 0. The van der Waals surface area contributed by atoms with Gasteiger partial charge in [-0.3, -0.25) is 9.59 Å². The van der Waals surface area contributed by atoms with Gasteiger partial charge in [0.1, 0.15) is 24.2 Å². The minimum atomic E-state index is -0.905. The van der Waals surface area contributed by atoms with Gasteiger partial charge in [0.15, 0.2) is 0 Å². The molecule has 66 heavy (non-hydrogen) atoms. The number of hydrogen-bond donors (Lipinski definition) is 4. The van der Waals surface area contributed by atoms with Gasteiger partial charge in [-0.15, -0.1) is 0 Å². The molecule has 2 saturated heterocycles. The van der Waals surface area contributed by atoms with Crippen molar-refractivity contribution in [1.82, 2.24) is 40.4 Å². The maximum Gasteiger partial charge on any atom is 0.407 e. The van der Waals surface area contributed by atoms with Crippen molar-refractivity contribution < 1.29 is 28.7 Å². The highest BCUT2D eigenvalue weighted by molar-refractivity contribution is 6.07. The molecule has 4 heterocycles. The number of carbonyl (C=O) groups excluding carboxylic acids is 4. The average Bonchev–Trinajstić information content (AvgIpc) is 4.14. The molecule has 4 N–H and O–H groups in total. The fraction of sp³-hybridized carbons (Fsp3) is 0.385. The number of methoxy groups -OCH3 is 2. The minimum absolute atomic E-state index is 0.132. The van der Waals surface area contributed by atoms with Gasteiger partial charge in [0.2, 0.25) is 5.91 Å². The molecule has 14 heteroatoms. The largest absolute Gasteiger partial charge is 0.453 e. The van der Waals surface area contributed by atoms with E-state index < -0.39 is 18.2 Å². The molecule has 0 spiro atoms. The minimum Gasteiger partial charge on any atom is -0.453 e. The number of nitrogens with one attached hydrogen (secondary N) is 4. The number of ether oxygens (including phenoxy) is 2. The zero-order chi connectivity index (χ0) is 46.9. The average molecular weight is 895 g/mol. The molecule has 9 rings (SSSR count). The maximum absolute atomic E-state index is 14.5. The van der Waals surface area contributed by atoms with Crippen LogP contribution in [0.25, 0.3) is 54.7 Å². The van der Waals surface area contributed by atoms with Crippen molar-refractivity contribution in [2.24, 2.45) is 5.92 Å². The topological polar surface area (TPSA) is 175 Å². The molecule has 0 unspecified atom stereocenters. The number of aromatic amines is 2. The van der Waals surface area contributed by atoms with E-state index in [2.05, 4.69) is 101 Å². The van der Waals surface area contributed by atoms with Crippen LogP contribution in [0.1, 0.15) is 108 Å². The van der Waals surface area contributed by atoms with E-state index in [1.807, 2.05) is 55.1 Å². The highest BCUT2D eigenvalue weighted by Crippen LogP contribution is 2.41. The lowest BCUT2D eigenvalue weighted by Gasteiger charge is -2.41. The van der Waals surface area contributed by atoms with Crippen molar-refractivity contribution in [1.29, 1.82) is 0 Å². The predicted molar refractivity (Wildman–Crippen MR) is 260 cm³/mol. The molecule has 4 atom stereocenters. The number of nitrogens with zero attached hydrogens (tertiary/aromatic N) is 4. The molecule has 2 aromatic heterocycles. The van der Waals surface area contributed by atoms with Gasteiger partial charge in [-0.2, -0.15) is 0 Å². The van der Waals surface area contributed by atoms with Crippen LogP contribution >= 0.6 is 0 Å². The van der Waals surface area contributed by atoms with E-state index >= 15 is 0 Å². The van der Waals surface area contributed by atoms with Gasteiger partial charge < -0.3 is 39.9 Å². The summed E-state index contributed by atoms with van der Waals surface area (Å²) < 4.78 is 9.54. The molecule has 0 radical (unpaired) electrons. The van der Waals surface area contributed by atoms with Crippen LogP contribution < -0.4 is 10.6 Å². The molecule has 0 aliphatic carbocycles. The number of rotatable bonds is 9. The molecule has 5 aromatic carbocycles. The van der Waals surface area contributed by atoms with Gasteiger partial charge in [0, 0.05) is 23.9 Å². The van der Waals surface area contributed by atoms with Crippen LogP contribution in [0, 0.1) is 5.92 Å². The number of alkyl carbamates (subject to hydrolysis) is 2. The number of hydrogen-bond acceptors (Lipinski definition) is 8. The first kappa shape index (κ1) is 47.0. The van der Waals surface area contributed by atoms with Gasteiger partial charge in [-0.05, 0) is 83.3 Å². The Labute approximate surface area is 385 Å². The summed E-state index contributed by atoms with van der Waals surface area (Å²) in [7, 11) is 2.57. The Morgan fingerprint density at radius 2 is 1.27 bits per heavy atom. The number of imidazole rings is 2. The van der Waals surface area contributed by atoms with E-state index in [1.54, 1.807) is 4.90 Å². The van der Waals surface area contributed by atoms with E-state index in [0.717, 1.165) is 98.5 Å². The summed E-state index contributed by atoms with van der Waals surface area (Å²) in [6, 6.07) is 29.0. The second-order valence-corrected chi connectivity index (χ2v) is 16.6. The maximum atomic E-state index is 14.5. The first-order chi connectivity index (χ1) is 32.2. The van der Waals surface area contributed by atoms with Crippen LogP contribution in [-0.2, 0) is 19.1 Å². The smallest absolute Gasteiger partial charge is 0.407 e. The lowest BCUT2D eigenvalue weighted by atomic mass is 9.85. The van der Waals surface area contributed by atoms with Crippen LogP contribution in [0.4, 0.5) is 9.59 Å². The summed E-state index contributed by atoms with van der Waals surface area (Å²) in [6.45, 7) is 11.4. The van der Waals surface area contributed by atoms with Gasteiger partial charge in [0.25, 0.3) is 5.91 Å². The van der Waals surface area contributed by atoms with Crippen LogP contribution in [0.3, 0.4) is 0 Å². The summed E-state index contributed by atoms with van der Waals surface area (Å²) in [6.07, 6.45) is 4.26. The molecule has 0 bridgehead atoms. The second-order valence-electron chi connectivity index (χ2n) is 16.6. The number of aromatic nitrogens is 4. The number of amides is 4. The van der Waals surface area contributed by atoms with Gasteiger partial charge in [-0.1, -0.05) is 114 Å². The summed E-state index contributed by atoms with van der Waals surface area (Å²) in [5.41, 5.74) is 6.30. The molecule has 14 nitrogen and oxygen atoms in total. The summed E-state index contributed by atoms with van der Waals surface area (Å²) in [5.74, 6) is 1.27. The second kappa shape index (κ2) is 21.4. The Hall–Kier alpha value is -6.96. The Morgan fingerprint density at radius 1 is 0.712 bits per heavy atom. The van der Waals surface area contributed by atoms with Crippen molar-refractivity contribution in [2.75, 3.05) is 33.9 Å². The molecule has 2 fully saturated rings. The Kier molecular flexibility index (Phi) is 15.2. The molecular weight excluding hydrogens is 833 g/mol. The third kappa shape index (κ3) is 9.68. The molecule has 346 valence electrons. The summed E-state index contributed by atoms with van der Waals surface area (Å²) in [4.78, 5) is 72.5. The van der Waals surface area contributed by atoms with Crippen molar-refractivity contribution in [2.45, 2.75) is 91.3 Å². The van der Waals surface area contributed by atoms with Crippen molar-refractivity contribution >= 4 is 67.6 Å². The van der Waals surface area contributed by atoms with Gasteiger partial charge in [0.05, 0.1) is 48.4 Å². The van der Waals surface area contributed by atoms with E-state index in [0.29, 0.717) is 18.7 Å². The Morgan fingerprint density at radius 3 is 1.86 bits per heavy atom. The quantitative estimate of drug-likeness (QED) is 0.111. The number of H-pyrrole nitrogens is 2. The fourth-order valence-corrected chi connectivity index (χ4v) is 9.37. The molecule has 4 amide bonds. The van der Waals surface area contributed by atoms with Gasteiger partial charge in [-0.25, -0.2) is 19.6 Å². The van der Waals surface area contributed by atoms with Crippen molar-refractivity contribution in [3.8, 4) is 11.1 Å².